The fourth-order valence-corrected chi connectivity index (χ4v) is 1.87. The number of nitrogens with two attached hydrogens (primary N) is 1. The maximum absolute atomic E-state index is 11.8. The van der Waals surface area contributed by atoms with Crippen LogP contribution in [0.4, 0.5) is 4.79 Å². The lowest BCUT2D eigenvalue weighted by atomic mass is 9.82. The van der Waals surface area contributed by atoms with Crippen molar-refractivity contribution in [1.82, 2.24) is 4.90 Å². The van der Waals surface area contributed by atoms with E-state index in [0.717, 1.165) is 19.4 Å². The highest BCUT2D eigenvalue weighted by molar-refractivity contribution is 5.70. The van der Waals surface area contributed by atoms with Crippen LogP contribution in [0.5, 0.6) is 0 Å². The van der Waals surface area contributed by atoms with Crippen molar-refractivity contribution in [3.05, 3.63) is 0 Å². The Balaban J connectivity index is 2.62. The smallest absolute Gasteiger partial charge is 0.410 e. The molecule has 0 bridgehead atoms. The van der Waals surface area contributed by atoms with E-state index in [-0.39, 0.29) is 11.6 Å². The zero-order valence-electron chi connectivity index (χ0n) is 10.2. The molecule has 88 valence electrons. The molecule has 0 aliphatic carbocycles. The Kier molecular flexibility index (Phi) is 3.28. The number of likely N-dealkylation sites (tertiary alicyclic amines) is 1. The minimum Gasteiger partial charge on any atom is -0.444 e. The number of nitrogens with zero attached hydrogens (tertiary/aromatic N) is 1. The monoisotopic (exact) mass is 214 g/mol. The van der Waals surface area contributed by atoms with E-state index in [9.17, 15) is 4.79 Å². The number of hydrogen-bond acceptors (Lipinski definition) is 3. The lowest BCUT2D eigenvalue weighted by Gasteiger charge is -2.51. The van der Waals surface area contributed by atoms with Gasteiger partial charge in [-0.3, -0.25) is 0 Å². The van der Waals surface area contributed by atoms with E-state index in [1.165, 1.54) is 0 Å². The van der Waals surface area contributed by atoms with E-state index >= 15 is 0 Å². The Morgan fingerprint density at radius 2 is 2.13 bits per heavy atom. The quantitative estimate of drug-likeness (QED) is 0.761. The normalized spacial score (nSPS) is 26.1. The van der Waals surface area contributed by atoms with Gasteiger partial charge >= 0.3 is 6.09 Å². The Labute approximate surface area is 91.8 Å². The molecule has 0 aromatic carbocycles. The molecule has 0 radical (unpaired) electrons. The SMILES string of the molecule is CCC1(CN)CCN1C(=O)OC(C)(C)C. The second-order valence-corrected chi connectivity index (χ2v) is 5.16. The summed E-state index contributed by atoms with van der Waals surface area (Å²) in [5, 5.41) is 0. The summed E-state index contributed by atoms with van der Waals surface area (Å²) in [4.78, 5) is 13.6. The molecule has 0 spiro atoms. The van der Waals surface area contributed by atoms with Gasteiger partial charge < -0.3 is 15.4 Å². The van der Waals surface area contributed by atoms with Gasteiger partial charge in [0.1, 0.15) is 5.60 Å². The first-order valence-corrected chi connectivity index (χ1v) is 5.55. The van der Waals surface area contributed by atoms with Gasteiger partial charge in [-0.2, -0.15) is 0 Å². The largest absolute Gasteiger partial charge is 0.444 e. The van der Waals surface area contributed by atoms with E-state index in [2.05, 4.69) is 6.92 Å². The standard InChI is InChI=1S/C11H22N2O2/c1-5-11(8-12)6-7-13(11)9(14)15-10(2,3)4/h5-8,12H2,1-4H3. The molecule has 0 saturated carbocycles. The lowest BCUT2D eigenvalue weighted by molar-refractivity contribution is -0.0426. The highest BCUT2D eigenvalue weighted by Gasteiger charge is 2.46. The summed E-state index contributed by atoms with van der Waals surface area (Å²) < 4.78 is 5.33. The topological polar surface area (TPSA) is 55.6 Å². The molecule has 1 amide bonds. The molecular formula is C11H22N2O2. The minimum absolute atomic E-state index is 0.150. The number of rotatable bonds is 2. The van der Waals surface area contributed by atoms with Crippen molar-refractivity contribution >= 4 is 6.09 Å². The maximum atomic E-state index is 11.8. The first-order chi connectivity index (χ1) is 6.84. The van der Waals surface area contributed by atoms with Crippen LogP contribution in [0.15, 0.2) is 0 Å². The van der Waals surface area contributed by atoms with Crippen LogP contribution in [-0.4, -0.2) is 35.2 Å². The minimum atomic E-state index is -0.430. The lowest BCUT2D eigenvalue weighted by Crippen LogP contribution is -2.66. The van der Waals surface area contributed by atoms with Crippen molar-refractivity contribution < 1.29 is 9.53 Å². The van der Waals surface area contributed by atoms with Gasteiger partial charge in [0.25, 0.3) is 0 Å². The first-order valence-electron chi connectivity index (χ1n) is 5.55. The molecule has 4 heteroatoms. The summed E-state index contributed by atoms with van der Waals surface area (Å²) in [7, 11) is 0. The first kappa shape index (κ1) is 12.3. The third kappa shape index (κ3) is 2.43. The maximum Gasteiger partial charge on any atom is 0.410 e. The summed E-state index contributed by atoms with van der Waals surface area (Å²) in [5.41, 5.74) is 5.14. The van der Waals surface area contributed by atoms with Crippen LogP contribution in [0.1, 0.15) is 40.5 Å². The number of hydrogen-bond donors (Lipinski definition) is 1. The molecule has 0 aromatic rings. The van der Waals surface area contributed by atoms with Crippen molar-refractivity contribution in [3.8, 4) is 0 Å². The molecule has 1 rings (SSSR count). The summed E-state index contributed by atoms with van der Waals surface area (Å²) in [6, 6.07) is 0. The van der Waals surface area contributed by atoms with Crippen LogP contribution in [0.2, 0.25) is 0 Å². The third-order valence-corrected chi connectivity index (χ3v) is 3.03. The summed E-state index contributed by atoms with van der Waals surface area (Å²) in [6.45, 7) is 8.97. The van der Waals surface area contributed by atoms with Crippen molar-refractivity contribution in [3.63, 3.8) is 0 Å². The average molecular weight is 214 g/mol. The van der Waals surface area contributed by atoms with Crippen molar-refractivity contribution in [1.29, 1.82) is 0 Å². The second kappa shape index (κ2) is 4.00. The van der Waals surface area contributed by atoms with Gasteiger partial charge in [-0.1, -0.05) is 6.92 Å². The van der Waals surface area contributed by atoms with Crippen molar-refractivity contribution in [2.45, 2.75) is 51.7 Å². The van der Waals surface area contributed by atoms with Crippen molar-refractivity contribution in [2.24, 2.45) is 5.73 Å². The molecule has 1 aliphatic rings. The predicted molar refractivity (Wildman–Crippen MR) is 59.6 cm³/mol. The Morgan fingerprint density at radius 3 is 2.40 bits per heavy atom. The van der Waals surface area contributed by atoms with Gasteiger partial charge in [0, 0.05) is 13.1 Å². The van der Waals surface area contributed by atoms with Crippen molar-refractivity contribution in [2.75, 3.05) is 13.1 Å². The number of amides is 1. The zero-order chi connectivity index (χ0) is 11.7. The van der Waals surface area contributed by atoms with Gasteiger partial charge in [-0.25, -0.2) is 4.79 Å². The fourth-order valence-electron chi connectivity index (χ4n) is 1.87. The van der Waals surface area contributed by atoms with Gasteiger partial charge in [0.05, 0.1) is 5.54 Å². The van der Waals surface area contributed by atoms with Crippen LogP contribution in [0.25, 0.3) is 0 Å². The summed E-state index contributed by atoms with van der Waals surface area (Å²) >= 11 is 0. The third-order valence-electron chi connectivity index (χ3n) is 3.03. The Hall–Kier alpha value is -0.770. The highest BCUT2D eigenvalue weighted by atomic mass is 16.6. The second-order valence-electron chi connectivity index (χ2n) is 5.16. The van der Waals surface area contributed by atoms with Gasteiger partial charge in [-0.15, -0.1) is 0 Å². The number of carbonyl (C=O) groups excluding carboxylic acids is 1. The fraction of sp³-hybridized carbons (Fsp3) is 0.909. The molecule has 1 saturated heterocycles. The summed E-state index contributed by atoms with van der Waals surface area (Å²) in [5.74, 6) is 0. The highest BCUT2D eigenvalue weighted by Crippen LogP contribution is 2.34. The number of ether oxygens (including phenoxy) is 1. The summed E-state index contributed by atoms with van der Waals surface area (Å²) in [6.07, 6.45) is 1.64. The van der Waals surface area contributed by atoms with Crippen LogP contribution >= 0.6 is 0 Å². The predicted octanol–water partition coefficient (Wildman–Crippen LogP) is 1.73. The van der Waals surface area contributed by atoms with Gasteiger partial charge in [-0.05, 0) is 33.6 Å². The molecule has 2 N–H and O–H groups in total. The average Bonchev–Trinajstić information content (AvgIpc) is 2.01. The molecule has 1 unspecified atom stereocenters. The molecule has 15 heavy (non-hydrogen) atoms. The number of carbonyl (C=O) groups is 1. The van der Waals surface area contributed by atoms with Gasteiger partial charge in [0.15, 0.2) is 0 Å². The van der Waals surface area contributed by atoms with E-state index < -0.39 is 5.60 Å². The molecule has 1 heterocycles. The van der Waals surface area contributed by atoms with Crippen LogP contribution in [0.3, 0.4) is 0 Å². The zero-order valence-corrected chi connectivity index (χ0v) is 10.2. The molecule has 0 aromatic heterocycles. The molecule has 1 fully saturated rings. The van der Waals surface area contributed by atoms with Crippen LogP contribution < -0.4 is 5.73 Å². The molecular weight excluding hydrogens is 192 g/mol. The molecule has 1 aliphatic heterocycles. The van der Waals surface area contributed by atoms with E-state index in [1.807, 2.05) is 20.8 Å². The molecule has 1 atom stereocenters. The van der Waals surface area contributed by atoms with E-state index in [4.69, 9.17) is 10.5 Å². The van der Waals surface area contributed by atoms with E-state index in [1.54, 1.807) is 4.90 Å². The Morgan fingerprint density at radius 1 is 1.53 bits per heavy atom. The van der Waals surface area contributed by atoms with Crippen LogP contribution in [-0.2, 0) is 4.74 Å². The van der Waals surface area contributed by atoms with Crippen LogP contribution in [0, 0.1) is 0 Å². The Bertz CT molecular complexity index is 236. The van der Waals surface area contributed by atoms with Gasteiger partial charge in [0.2, 0.25) is 0 Å². The molecule has 4 nitrogen and oxygen atoms in total. The van der Waals surface area contributed by atoms with E-state index in [0.29, 0.717) is 6.54 Å².